The van der Waals surface area contributed by atoms with Crippen molar-refractivity contribution in [3.05, 3.63) is 35.7 Å². The van der Waals surface area contributed by atoms with E-state index in [1.807, 2.05) is 13.8 Å². The molecule has 0 amide bonds. The van der Waals surface area contributed by atoms with Crippen LogP contribution in [0.1, 0.15) is 31.3 Å². The van der Waals surface area contributed by atoms with Gasteiger partial charge in [-0.05, 0) is 18.7 Å². The van der Waals surface area contributed by atoms with Crippen LogP contribution in [0.25, 0.3) is 0 Å². The molecule has 116 valence electrons. The first-order valence-corrected chi connectivity index (χ1v) is 8.26. The van der Waals surface area contributed by atoms with E-state index in [1.165, 1.54) is 6.07 Å². The maximum atomic E-state index is 12.1. The van der Waals surface area contributed by atoms with Gasteiger partial charge in [0.15, 0.2) is 0 Å². The SMILES string of the molecule is CCNCc1ccc(S(=O)(=O)NCc2ncc(CC)o2)o1. The zero-order valence-corrected chi connectivity index (χ0v) is 12.9. The van der Waals surface area contributed by atoms with E-state index in [-0.39, 0.29) is 11.6 Å². The highest BCUT2D eigenvalue weighted by Gasteiger charge is 2.19. The molecule has 2 rings (SSSR count). The highest BCUT2D eigenvalue weighted by atomic mass is 32.2. The normalized spacial score (nSPS) is 11.9. The summed E-state index contributed by atoms with van der Waals surface area (Å²) in [7, 11) is -3.70. The van der Waals surface area contributed by atoms with Crippen molar-refractivity contribution in [3.8, 4) is 0 Å². The number of hydrogen-bond acceptors (Lipinski definition) is 6. The number of aromatic nitrogens is 1. The molecule has 2 aromatic heterocycles. The summed E-state index contributed by atoms with van der Waals surface area (Å²) >= 11 is 0. The molecule has 0 fully saturated rings. The van der Waals surface area contributed by atoms with E-state index in [1.54, 1.807) is 12.3 Å². The van der Waals surface area contributed by atoms with E-state index in [0.29, 0.717) is 24.6 Å². The summed E-state index contributed by atoms with van der Waals surface area (Å²) in [5.74, 6) is 1.62. The smallest absolute Gasteiger partial charge is 0.274 e. The van der Waals surface area contributed by atoms with Crippen molar-refractivity contribution < 1.29 is 17.3 Å². The van der Waals surface area contributed by atoms with Gasteiger partial charge in [0, 0.05) is 6.42 Å². The van der Waals surface area contributed by atoms with Gasteiger partial charge in [-0.2, -0.15) is 4.72 Å². The fraction of sp³-hybridized carbons (Fsp3) is 0.462. The van der Waals surface area contributed by atoms with Gasteiger partial charge in [-0.15, -0.1) is 0 Å². The lowest BCUT2D eigenvalue weighted by Gasteiger charge is -2.02. The summed E-state index contributed by atoms with van der Waals surface area (Å²) in [6.07, 6.45) is 2.30. The fourth-order valence-corrected chi connectivity index (χ4v) is 2.59. The molecular formula is C13H19N3O4S. The lowest BCUT2D eigenvalue weighted by Crippen LogP contribution is -2.23. The minimum atomic E-state index is -3.70. The molecule has 0 aliphatic carbocycles. The number of rotatable bonds is 8. The van der Waals surface area contributed by atoms with Gasteiger partial charge in [-0.1, -0.05) is 13.8 Å². The van der Waals surface area contributed by atoms with Crippen LogP contribution in [-0.2, 0) is 29.5 Å². The van der Waals surface area contributed by atoms with Gasteiger partial charge in [0.25, 0.3) is 10.0 Å². The number of nitrogens with one attached hydrogen (secondary N) is 2. The first-order valence-electron chi connectivity index (χ1n) is 6.77. The predicted molar refractivity (Wildman–Crippen MR) is 76.0 cm³/mol. The molecule has 2 N–H and O–H groups in total. The van der Waals surface area contributed by atoms with Crippen LogP contribution in [0.15, 0.2) is 32.3 Å². The quantitative estimate of drug-likeness (QED) is 0.765. The second-order valence-corrected chi connectivity index (χ2v) is 6.10. The topological polar surface area (TPSA) is 97.4 Å². The Bertz CT molecular complexity index is 675. The Morgan fingerprint density at radius 1 is 1.14 bits per heavy atom. The van der Waals surface area contributed by atoms with Gasteiger partial charge in [0.05, 0.1) is 19.3 Å². The Balaban J connectivity index is 1.99. The van der Waals surface area contributed by atoms with Crippen molar-refractivity contribution in [2.24, 2.45) is 0 Å². The molecule has 0 spiro atoms. The van der Waals surface area contributed by atoms with Crippen molar-refractivity contribution in [1.29, 1.82) is 0 Å². The highest BCUT2D eigenvalue weighted by molar-refractivity contribution is 7.89. The second kappa shape index (κ2) is 6.88. The molecule has 0 radical (unpaired) electrons. The third-order valence-corrected chi connectivity index (χ3v) is 4.09. The molecule has 0 saturated carbocycles. The molecule has 2 aromatic rings. The van der Waals surface area contributed by atoms with Crippen LogP contribution >= 0.6 is 0 Å². The van der Waals surface area contributed by atoms with Crippen LogP contribution in [0.2, 0.25) is 0 Å². The van der Waals surface area contributed by atoms with E-state index in [2.05, 4.69) is 15.0 Å². The Kier molecular flexibility index (Phi) is 5.16. The van der Waals surface area contributed by atoms with Crippen molar-refractivity contribution in [2.75, 3.05) is 6.54 Å². The van der Waals surface area contributed by atoms with Gasteiger partial charge in [-0.25, -0.2) is 13.4 Å². The van der Waals surface area contributed by atoms with Crippen LogP contribution in [0.4, 0.5) is 0 Å². The molecule has 0 bridgehead atoms. The Labute approximate surface area is 123 Å². The molecule has 8 heteroatoms. The summed E-state index contributed by atoms with van der Waals surface area (Å²) in [6.45, 7) is 5.16. The molecule has 0 saturated heterocycles. The van der Waals surface area contributed by atoms with Gasteiger partial charge in [-0.3, -0.25) is 0 Å². The summed E-state index contributed by atoms with van der Waals surface area (Å²) in [5, 5.41) is 2.95. The summed E-state index contributed by atoms with van der Waals surface area (Å²) in [6, 6.07) is 3.07. The van der Waals surface area contributed by atoms with Crippen molar-refractivity contribution >= 4 is 10.0 Å². The molecule has 0 aromatic carbocycles. The fourth-order valence-electron chi connectivity index (χ4n) is 1.67. The summed E-state index contributed by atoms with van der Waals surface area (Å²) in [4.78, 5) is 4.00. The van der Waals surface area contributed by atoms with Crippen LogP contribution in [0.5, 0.6) is 0 Å². The Hall–Kier alpha value is -1.64. The minimum absolute atomic E-state index is 0.00836. The zero-order chi connectivity index (χ0) is 15.3. The van der Waals surface area contributed by atoms with Crippen LogP contribution in [0, 0.1) is 0 Å². The number of oxazole rings is 1. The van der Waals surface area contributed by atoms with Gasteiger partial charge in [0.1, 0.15) is 11.5 Å². The maximum absolute atomic E-state index is 12.1. The zero-order valence-electron chi connectivity index (χ0n) is 12.0. The number of sulfonamides is 1. The monoisotopic (exact) mass is 313 g/mol. The van der Waals surface area contributed by atoms with Crippen LogP contribution < -0.4 is 10.0 Å². The minimum Gasteiger partial charge on any atom is -0.447 e. The number of nitrogens with zero attached hydrogens (tertiary/aromatic N) is 1. The Morgan fingerprint density at radius 2 is 1.95 bits per heavy atom. The molecule has 21 heavy (non-hydrogen) atoms. The molecular weight excluding hydrogens is 294 g/mol. The van der Waals surface area contributed by atoms with Crippen LogP contribution in [-0.4, -0.2) is 19.9 Å². The summed E-state index contributed by atoms with van der Waals surface area (Å²) < 4.78 is 37.2. The predicted octanol–water partition coefficient (Wildman–Crippen LogP) is 1.42. The average molecular weight is 313 g/mol. The third kappa shape index (κ3) is 4.16. The molecule has 0 atom stereocenters. The Morgan fingerprint density at radius 3 is 2.62 bits per heavy atom. The number of hydrogen-bond donors (Lipinski definition) is 2. The molecule has 2 heterocycles. The first kappa shape index (κ1) is 15.7. The molecule has 7 nitrogen and oxygen atoms in total. The van der Waals surface area contributed by atoms with Crippen molar-refractivity contribution in [1.82, 2.24) is 15.0 Å². The number of furan rings is 1. The first-order chi connectivity index (χ1) is 10.0. The third-order valence-electron chi connectivity index (χ3n) is 2.81. The van der Waals surface area contributed by atoms with E-state index in [4.69, 9.17) is 8.83 Å². The number of aryl methyl sites for hydroxylation is 1. The van der Waals surface area contributed by atoms with Crippen molar-refractivity contribution in [3.63, 3.8) is 0 Å². The largest absolute Gasteiger partial charge is 0.447 e. The van der Waals surface area contributed by atoms with E-state index < -0.39 is 10.0 Å². The van der Waals surface area contributed by atoms with Gasteiger partial charge in [0.2, 0.25) is 11.0 Å². The lowest BCUT2D eigenvalue weighted by molar-refractivity contribution is 0.399. The lowest BCUT2D eigenvalue weighted by atomic mass is 10.4. The van der Waals surface area contributed by atoms with Crippen LogP contribution in [0.3, 0.4) is 0 Å². The average Bonchev–Trinajstić information content (AvgIpc) is 3.12. The van der Waals surface area contributed by atoms with E-state index in [0.717, 1.165) is 12.3 Å². The van der Waals surface area contributed by atoms with Crippen molar-refractivity contribution in [2.45, 2.75) is 38.5 Å². The summed E-state index contributed by atoms with van der Waals surface area (Å²) in [5.41, 5.74) is 0. The van der Waals surface area contributed by atoms with E-state index in [9.17, 15) is 8.42 Å². The molecule has 0 aliphatic rings. The van der Waals surface area contributed by atoms with E-state index >= 15 is 0 Å². The second-order valence-electron chi connectivity index (χ2n) is 4.40. The highest BCUT2D eigenvalue weighted by Crippen LogP contribution is 2.14. The maximum Gasteiger partial charge on any atom is 0.274 e. The van der Waals surface area contributed by atoms with Gasteiger partial charge >= 0.3 is 0 Å². The molecule has 0 aliphatic heterocycles. The molecule has 0 unspecified atom stereocenters. The van der Waals surface area contributed by atoms with Gasteiger partial charge < -0.3 is 14.2 Å². The standard InChI is InChI=1S/C13H19N3O4S/c1-3-10-8-15-12(19-10)9-16-21(17,18)13-6-5-11(20-13)7-14-4-2/h5-6,8,14,16H,3-4,7,9H2,1-2H3.